The molecule has 0 aliphatic carbocycles. The first kappa shape index (κ1) is 19.1. The van der Waals surface area contributed by atoms with E-state index in [1.807, 2.05) is 11.8 Å². The van der Waals surface area contributed by atoms with Crippen LogP contribution >= 0.6 is 0 Å². The number of hydrogen-bond donors (Lipinski definition) is 2. The lowest BCUT2D eigenvalue weighted by atomic mass is 10.1. The van der Waals surface area contributed by atoms with Crippen LogP contribution in [0.3, 0.4) is 0 Å². The molecule has 0 bridgehead atoms. The van der Waals surface area contributed by atoms with Crippen LogP contribution < -0.4 is 5.32 Å². The van der Waals surface area contributed by atoms with Gasteiger partial charge in [0.25, 0.3) is 5.69 Å². The summed E-state index contributed by atoms with van der Waals surface area (Å²) >= 11 is 0. The van der Waals surface area contributed by atoms with E-state index in [0.717, 1.165) is 0 Å². The molecule has 7 nitrogen and oxygen atoms in total. The minimum absolute atomic E-state index is 0.0284. The first-order chi connectivity index (χ1) is 10.6. The second kappa shape index (κ2) is 7.52. The molecule has 0 heterocycles. The molecule has 1 atom stereocenters. The number of nitro groups is 1. The summed E-state index contributed by atoms with van der Waals surface area (Å²) < 4.78 is 0. The number of amides is 1. The Morgan fingerprint density at radius 2 is 2.09 bits per heavy atom. The predicted octanol–water partition coefficient (Wildman–Crippen LogP) is 2.32. The normalized spacial score (nSPS) is 13.0. The molecule has 0 fully saturated rings. The van der Waals surface area contributed by atoms with E-state index < -0.39 is 16.6 Å². The summed E-state index contributed by atoms with van der Waals surface area (Å²) in [4.78, 5) is 24.8. The number of nitrogens with zero attached hydrogens (tertiary/aromatic N) is 2. The topological polar surface area (TPSA) is 95.7 Å². The Kier molecular flexibility index (Phi) is 6.23. The number of likely N-dealkylation sites (N-methyl/N-ethyl adjacent to an activating group) is 1. The Bertz CT molecular complexity index is 581. The maximum absolute atomic E-state index is 12.4. The lowest BCUT2D eigenvalue weighted by Crippen LogP contribution is -2.48. The monoisotopic (exact) mass is 323 g/mol. The summed E-state index contributed by atoms with van der Waals surface area (Å²) in [5.74, 6) is -0.264. The number of nitro benzene ring substituents is 1. The second-order valence-corrected chi connectivity index (χ2v) is 6.25. The van der Waals surface area contributed by atoms with E-state index in [2.05, 4.69) is 5.32 Å². The lowest BCUT2D eigenvalue weighted by molar-refractivity contribution is -0.385. The van der Waals surface area contributed by atoms with Crippen LogP contribution in [0, 0.1) is 17.0 Å². The minimum atomic E-state index is -0.911. The Morgan fingerprint density at radius 3 is 2.57 bits per heavy atom. The van der Waals surface area contributed by atoms with Crippen LogP contribution in [-0.2, 0) is 4.79 Å². The summed E-state index contributed by atoms with van der Waals surface area (Å²) in [5.41, 5.74) is -0.0929. The fourth-order valence-corrected chi connectivity index (χ4v) is 2.38. The molecule has 2 N–H and O–H groups in total. The highest BCUT2D eigenvalue weighted by atomic mass is 16.6. The van der Waals surface area contributed by atoms with Crippen molar-refractivity contribution < 1.29 is 14.8 Å². The molecule has 0 aromatic heterocycles. The Balaban J connectivity index is 2.90. The highest BCUT2D eigenvalue weighted by molar-refractivity contribution is 5.95. The van der Waals surface area contributed by atoms with Gasteiger partial charge in [-0.05, 0) is 40.3 Å². The molecule has 0 aliphatic rings. The van der Waals surface area contributed by atoms with Gasteiger partial charge in [0.2, 0.25) is 5.91 Å². The van der Waals surface area contributed by atoms with Crippen LogP contribution in [0.5, 0.6) is 0 Å². The van der Waals surface area contributed by atoms with Gasteiger partial charge in [-0.25, -0.2) is 0 Å². The van der Waals surface area contributed by atoms with E-state index in [4.69, 9.17) is 0 Å². The summed E-state index contributed by atoms with van der Waals surface area (Å²) in [5, 5.41) is 23.6. The van der Waals surface area contributed by atoms with Crippen LogP contribution in [0.2, 0.25) is 0 Å². The van der Waals surface area contributed by atoms with Crippen LogP contribution in [0.25, 0.3) is 0 Å². The van der Waals surface area contributed by atoms with E-state index in [1.165, 1.54) is 6.07 Å². The fourth-order valence-electron chi connectivity index (χ4n) is 2.38. The van der Waals surface area contributed by atoms with E-state index in [1.54, 1.807) is 39.8 Å². The van der Waals surface area contributed by atoms with Crippen molar-refractivity contribution >= 4 is 17.3 Å². The predicted molar refractivity (Wildman–Crippen MR) is 89.5 cm³/mol. The number of carbonyl (C=O) groups excluding carboxylic acids is 1. The maximum atomic E-state index is 12.4. The van der Waals surface area contributed by atoms with E-state index in [0.29, 0.717) is 24.3 Å². The quantitative estimate of drug-likeness (QED) is 0.593. The third-order valence-corrected chi connectivity index (χ3v) is 3.68. The number of benzene rings is 1. The Hall–Kier alpha value is -1.99. The highest BCUT2D eigenvalue weighted by Crippen LogP contribution is 2.25. The first-order valence-electron chi connectivity index (χ1n) is 7.58. The van der Waals surface area contributed by atoms with Crippen LogP contribution in [0.4, 0.5) is 11.4 Å². The lowest BCUT2D eigenvalue weighted by Gasteiger charge is -2.32. The van der Waals surface area contributed by atoms with Crippen molar-refractivity contribution in [2.75, 3.05) is 18.4 Å². The average Bonchev–Trinajstić information content (AvgIpc) is 2.44. The Morgan fingerprint density at radius 1 is 1.48 bits per heavy atom. The molecule has 1 unspecified atom stereocenters. The molecule has 1 aromatic carbocycles. The van der Waals surface area contributed by atoms with Gasteiger partial charge < -0.3 is 10.4 Å². The van der Waals surface area contributed by atoms with Crippen molar-refractivity contribution in [3.8, 4) is 0 Å². The summed E-state index contributed by atoms with van der Waals surface area (Å²) in [6.45, 7) is 9.59. The molecule has 0 aliphatic heterocycles. The van der Waals surface area contributed by atoms with Gasteiger partial charge in [-0.2, -0.15) is 0 Å². The van der Waals surface area contributed by atoms with Gasteiger partial charge in [0.05, 0.1) is 27.8 Å². The van der Waals surface area contributed by atoms with E-state index in [9.17, 15) is 20.0 Å². The van der Waals surface area contributed by atoms with Crippen molar-refractivity contribution in [2.45, 2.75) is 46.3 Å². The van der Waals surface area contributed by atoms with Crippen LogP contribution in [0.1, 0.15) is 33.3 Å². The van der Waals surface area contributed by atoms with Gasteiger partial charge in [-0.3, -0.25) is 19.8 Å². The van der Waals surface area contributed by atoms with Gasteiger partial charge in [-0.15, -0.1) is 0 Å². The number of rotatable bonds is 7. The van der Waals surface area contributed by atoms with Crippen molar-refractivity contribution in [3.05, 3.63) is 33.9 Å². The van der Waals surface area contributed by atoms with Gasteiger partial charge >= 0.3 is 0 Å². The molecule has 7 heteroatoms. The third-order valence-electron chi connectivity index (χ3n) is 3.68. The minimum Gasteiger partial charge on any atom is -0.389 e. The van der Waals surface area contributed by atoms with Gasteiger partial charge in [0.15, 0.2) is 0 Å². The van der Waals surface area contributed by atoms with Gasteiger partial charge in [0.1, 0.15) is 0 Å². The zero-order chi connectivity index (χ0) is 17.8. The average molecular weight is 323 g/mol. The van der Waals surface area contributed by atoms with E-state index >= 15 is 0 Å². The number of aliphatic hydroxyl groups is 1. The fraction of sp³-hybridized carbons (Fsp3) is 0.562. The van der Waals surface area contributed by atoms with E-state index in [-0.39, 0.29) is 11.6 Å². The SMILES string of the molecule is CCN(CC(C)(C)O)C(C)C(=O)Nc1cccc([N+](=O)[O-])c1C. The molecule has 1 rings (SSSR count). The largest absolute Gasteiger partial charge is 0.389 e. The molecule has 23 heavy (non-hydrogen) atoms. The smallest absolute Gasteiger partial charge is 0.274 e. The molecular formula is C16H25N3O4. The highest BCUT2D eigenvalue weighted by Gasteiger charge is 2.26. The molecule has 1 amide bonds. The number of hydrogen-bond acceptors (Lipinski definition) is 5. The zero-order valence-corrected chi connectivity index (χ0v) is 14.3. The molecule has 0 spiro atoms. The summed E-state index contributed by atoms with van der Waals surface area (Å²) in [7, 11) is 0. The zero-order valence-electron chi connectivity index (χ0n) is 14.3. The second-order valence-electron chi connectivity index (χ2n) is 6.25. The molecule has 0 saturated heterocycles. The summed E-state index contributed by atoms with van der Waals surface area (Å²) in [6, 6.07) is 4.12. The molecule has 128 valence electrons. The Labute approximate surface area is 136 Å². The van der Waals surface area contributed by atoms with Gasteiger partial charge in [-0.1, -0.05) is 13.0 Å². The number of nitrogens with one attached hydrogen (secondary N) is 1. The number of carbonyl (C=O) groups is 1. The number of anilines is 1. The first-order valence-corrected chi connectivity index (χ1v) is 7.58. The third kappa shape index (κ3) is 5.30. The standard InChI is InChI=1S/C16H25N3O4/c1-6-18(10-16(4,5)21)12(3)15(20)17-13-8-7-9-14(11(13)2)19(22)23/h7-9,12,21H,6,10H2,1-5H3,(H,17,20). The molecular weight excluding hydrogens is 298 g/mol. The van der Waals surface area contributed by atoms with Crippen molar-refractivity contribution in [1.29, 1.82) is 0 Å². The van der Waals surface area contributed by atoms with Gasteiger partial charge in [0, 0.05) is 12.6 Å². The van der Waals surface area contributed by atoms with Crippen molar-refractivity contribution in [2.24, 2.45) is 0 Å². The van der Waals surface area contributed by atoms with Crippen LogP contribution in [0.15, 0.2) is 18.2 Å². The van der Waals surface area contributed by atoms with Crippen LogP contribution in [-0.4, -0.2) is 45.6 Å². The molecule has 0 radical (unpaired) electrons. The molecule has 0 saturated carbocycles. The molecule has 1 aromatic rings. The van der Waals surface area contributed by atoms with Crippen molar-refractivity contribution in [3.63, 3.8) is 0 Å². The van der Waals surface area contributed by atoms with Crippen molar-refractivity contribution in [1.82, 2.24) is 4.90 Å². The maximum Gasteiger partial charge on any atom is 0.274 e. The summed E-state index contributed by atoms with van der Waals surface area (Å²) in [6.07, 6.45) is 0.